The summed E-state index contributed by atoms with van der Waals surface area (Å²) < 4.78 is 4.52. The van der Waals surface area contributed by atoms with Crippen molar-refractivity contribution in [1.29, 1.82) is 0 Å². The summed E-state index contributed by atoms with van der Waals surface area (Å²) in [5, 5.41) is 10.6. The molecule has 1 atom stereocenters. The van der Waals surface area contributed by atoms with Crippen LogP contribution in [0.15, 0.2) is 12.5 Å². The summed E-state index contributed by atoms with van der Waals surface area (Å²) in [4.78, 5) is 9.97. The van der Waals surface area contributed by atoms with E-state index in [-0.39, 0.29) is 0 Å². The fraction of sp³-hybridized carbons (Fsp3) is 0.250. The van der Waals surface area contributed by atoms with E-state index in [0.717, 1.165) is 0 Å². The Bertz CT molecular complexity index is 123. The van der Waals surface area contributed by atoms with Gasteiger partial charge < -0.3 is 15.2 Å². The van der Waals surface area contributed by atoms with Crippen LogP contribution in [0.4, 0.5) is 0 Å². The molecule has 1 aliphatic heterocycles. The predicted octanol–water partition coefficient (Wildman–Crippen LogP) is -0.512. The van der Waals surface area contributed by atoms with E-state index in [1.807, 2.05) is 0 Å². The maximum Gasteiger partial charge on any atom is 0.366 e. The van der Waals surface area contributed by atoms with Crippen LogP contribution in [-0.4, -0.2) is 17.3 Å². The third kappa shape index (κ3) is 0.726. The summed E-state index contributed by atoms with van der Waals surface area (Å²) in [5.41, 5.74) is 0. The van der Waals surface area contributed by atoms with Gasteiger partial charge in [-0.25, -0.2) is 4.79 Å². The highest BCUT2D eigenvalue weighted by atomic mass is 16.5. The molecule has 1 heterocycles. The molecular weight excluding hydrogens is 110 g/mol. The predicted molar refractivity (Wildman–Crippen MR) is 24.8 cm³/mol. The molecule has 0 fully saturated rings. The topological polar surface area (TPSA) is 58.6 Å². The number of hydrogen-bond acceptors (Lipinski definition) is 3. The first-order chi connectivity index (χ1) is 3.80. The van der Waals surface area contributed by atoms with Crippen molar-refractivity contribution in [3.63, 3.8) is 0 Å². The average Bonchev–Trinajstić information content (AvgIpc) is 2.12. The minimum atomic E-state index is -1.00. The van der Waals surface area contributed by atoms with E-state index in [1.54, 1.807) is 0 Å². The largest absolute Gasteiger partial charge is 0.477 e. The Morgan fingerprint density at radius 1 is 1.88 bits per heavy atom. The summed E-state index contributed by atoms with van der Waals surface area (Å²) in [6, 6.07) is 0. The second-order valence-electron chi connectivity index (χ2n) is 1.32. The number of carboxylic acids is 1. The Labute approximate surface area is 45.8 Å². The number of carboxylic acid groups (broad SMARTS) is 1. The van der Waals surface area contributed by atoms with Crippen molar-refractivity contribution in [2.45, 2.75) is 6.23 Å². The van der Waals surface area contributed by atoms with Crippen molar-refractivity contribution in [2.75, 3.05) is 0 Å². The van der Waals surface area contributed by atoms with Crippen molar-refractivity contribution in [3.8, 4) is 0 Å². The highest BCUT2D eigenvalue weighted by Gasteiger charge is 2.17. The first-order valence-electron chi connectivity index (χ1n) is 2.10. The van der Waals surface area contributed by atoms with Crippen LogP contribution in [0, 0.1) is 0 Å². The lowest BCUT2D eigenvalue weighted by Crippen LogP contribution is -2.30. The standard InChI is InChI=1S/C4H5NO3/c6-4(7)3-5-1-2-8-3/h1-3,5H,(H,6,7). The van der Waals surface area contributed by atoms with E-state index < -0.39 is 12.2 Å². The molecule has 0 saturated carbocycles. The second kappa shape index (κ2) is 1.73. The SMILES string of the molecule is O=C(O)C1NC=CO1. The van der Waals surface area contributed by atoms with Crippen molar-refractivity contribution in [2.24, 2.45) is 0 Å². The lowest BCUT2D eigenvalue weighted by molar-refractivity contribution is -0.147. The number of carbonyl (C=O) groups is 1. The van der Waals surface area contributed by atoms with Gasteiger partial charge in [-0.05, 0) is 0 Å². The number of hydrogen-bond donors (Lipinski definition) is 2. The number of ether oxygens (including phenoxy) is 1. The van der Waals surface area contributed by atoms with Crippen LogP contribution < -0.4 is 5.32 Å². The summed E-state index contributed by atoms with van der Waals surface area (Å²) in [6.45, 7) is 0. The van der Waals surface area contributed by atoms with E-state index in [4.69, 9.17) is 5.11 Å². The lowest BCUT2D eigenvalue weighted by Gasteiger charge is -2.02. The monoisotopic (exact) mass is 115 g/mol. The van der Waals surface area contributed by atoms with Crippen LogP contribution in [-0.2, 0) is 9.53 Å². The van der Waals surface area contributed by atoms with Crippen LogP contribution >= 0.6 is 0 Å². The zero-order valence-electron chi connectivity index (χ0n) is 4.00. The lowest BCUT2D eigenvalue weighted by atomic mass is 10.6. The second-order valence-corrected chi connectivity index (χ2v) is 1.32. The molecule has 1 unspecified atom stereocenters. The quantitative estimate of drug-likeness (QED) is 0.483. The first kappa shape index (κ1) is 4.96. The number of nitrogens with one attached hydrogen (secondary N) is 1. The minimum Gasteiger partial charge on any atom is -0.477 e. The van der Waals surface area contributed by atoms with Gasteiger partial charge in [-0.1, -0.05) is 0 Å². The molecule has 44 valence electrons. The molecule has 4 nitrogen and oxygen atoms in total. The fourth-order valence-electron chi connectivity index (χ4n) is 0.413. The maximum atomic E-state index is 9.97. The summed E-state index contributed by atoms with van der Waals surface area (Å²) in [6.07, 6.45) is 1.87. The van der Waals surface area contributed by atoms with Crippen molar-refractivity contribution in [1.82, 2.24) is 5.32 Å². The van der Waals surface area contributed by atoms with E-state index in [9.17, 15) is 4.79 Å². The Morgan fingerprint density at radius 3 is 2.88 bits per heavy atom. The highest BCUT2D eigenvalue weighted by Crippen LogP contribution is 1.94. The van der Waals surface area contributed by atoms with Crippen LogP contribution in [0.1, 0.15) is 0 Å². The molecular formula is C4H5NO3. The molecule has 1 rings (SSSR count). The molecule has 0 spiro atoms. The van der Waals surface area contributed by atoms with Gasteiger partial charge in [0, 0.05) is 6.20 Å². The zero-order chi connectivity index (χ0) is 5.98. The van der Waals surface area contributed by atoms with Crippen LogP contribution in [0.5, 0.6) is 0 Å². The number of rotatable bonds is 1. The Morgan fingerprint density at radius 2 is 2.62 bits per heavy atom. The van der Waals surface area contributed by atoms with Gasteiger partial charge in [0.1, 0.15) is 6.26 Å². The zero-order valence-corrected chi connectivity index (χ0v) is 4.00. The molecule has 1 aliphatic rings. The van der Waals surface area contributed by atoms with Gasteiger partial charge >= 0.3 is 5.97 Å². The molecule has 0 aromatic carbocycles. The smallest absolute Gasteiger partial charge is 0.366 e. The van der Waals surface area contributed by atoms with Gasteiger partial charge in [0.05, 0.1) is 0 Å². The van der Waals surface area contributed by atoms with Crippen molar-refractivity contribution >= 4 is 5.97 Å². The molecule has 0 bridgehead atoms. The van der Waals surface area contributed by atoms with Crippen LogP contribution in [0.3, 0.4) is 0 Å². The fourth-order valence-corrected chi connectivity index (χ4v) is 0.413. The van der Waals surface area contributed by atoms with Crippen molar-refractivity contribution in [3.05, 3.63) is 12.5 Å². The molecule has 0 aromatic heterocycles. The van der Waals surface area contributed by atoms with E-state index >= 15 is 0 Å². The molecule has 0 amide bonds. The molecule has 4 heteroatoms. The molecule has 8 heavy (non-hydrogen) atoms. The Kier molecular flexibility index (Phi) is 1.07. The Hall–Kier alpha value is -1.19. The molecule has 0 radical (unpaired) electrons. The van der Waals surface area contributed by atoms with Gasteiger partial charge in [0.25, 0.3) is 6.23 Å². The van der Waals surface area contributed by atoms with Gasteiger partial charge in [-0.15, -0.1) is 0 Å². The summed E-state index contributed by atoms with van der Waals surface area (Å²) in [5.74, 6) is -1.00. The molecule has 0 saturated heterocycles. The minimum absolute atomic E-state index is 0.880. The van der Waals surface area contributed by atoms with Gasteiger partial charge in [0.15, 0.2) is 0 Å². The van der Waals surface area contributed by atoms with E-state index in [1.165, 1.54) is 12.5 Å². The molecule has 2 N–H and O–H groups in total. The van der Waals surface area contributed by atoms with Gasteiger partial charge in [0.2, 0.25) is 0 Å². The highest BCUT2D eigenvalue weighted by molar-refractivity contribution is 5.72. The van der Waals surface area contributed by atoms with Crippen LogP contribution in [0.2, 0.25) is 0 Å². The van der Waals surface area contributed by atoms with Gasteiger partial charge in [-0.3, -0.25) is 0 Å². The Balaban J connectivity index is 2.41. The molecule has 0 aliphatic carbocycles. The normalized spacial score (nSPS) is 24.2. The third-order valence-corrected chi connectivity index (χ3v) is 0.755. The molecule has 0 aromatic rings. The maximum absolute atomic E-state index is 9.97. The van der Waals surface area contributed by atoms with Gasteiger partial charge in [-0.2, -0.15) is 0 Å². The first-order valence-corrected chi connectivity index (χ1v) is 2.10. The van der Waals surface area contributed by atoms with E-state index in [2.05, 4.69) is 10.1 Å². The summed E-state index contributed by atoms with van der Waals surface area (Å²) >= 11 is 0. The summed E-state index contributed by atoms with van der Waals surface area (Å²) in [7, 11) is 0. The number of aliphatic carboxylic acids is 1. The van der Waals surface area contributed by atoms with E-state index in [0.29, 0.717) is 0 Å². The van der Waals surface area contributed by atoms with Crippen LogP contribution in [0.25, 0.3) is 0 Å². The average molecular weight is 115 g/mol. The van der Waals surface area contributed by atoms with Crippen molar-refractivity contribution < 1.29 is 14.6 Å². The third-order valence-electron chi connectivity index (χ3n) is 0.755.